The number of esters is 2. The first-order valence-electron chi connectivity index (χ1n) is 9.24. The van der Waals surface area contributed by atoms with Crippen LogP contribution in [0.2, 0.25) is 18.1 Å². The summed E-state index contributed by atoms with van der Waals surface area (Å²) >= 11 is 0. The van der Waals surface area contributed by atoms with E-state index in [1.165, 1.54) is 6.92 Å². The minimum absolute atomic E-state index is 0.0160. The highest BCUT2D eigenvalue weighted by Crippen LogP contribution is 2.41. The molecule has 0 fully saturated rings. The number of benzene rings is 1. The number of rotatable bonds is 8. The Kier molecular flexibility index (Phi) is 7.87. The van der Waals surface area contributed by atoms with Crippen LogP contribution < -0.4 is 9.16 Å². The Morgan fingerprint density at radius 2 is 1.79 bits per heavy atom. The van der Waals surface area contributed by atoms with Gasteiger partial charge < -0.3 is 18.6 Å². The molecule has 1 aromatic carbocycles. The van der Waals surface area contributed by atoms with E-state index >= 15 is 0 Å². The Morgan fingerprint density at radius 1 is 1.18 bits per heavy atom. The maximum absolute atomic E-state index is 12.1. The van der Waals surface area contributed by atoms with Crippen LogP contribution in [-0.2, 0) is 19.1 Å². The molecule has 1 atom stereocenters. The molecule has 0 saturated heterocycles. The first-order chi connectivity index (χ1) is 12.8. The van der Waals surface area contributed by atoms with Gasteiger partial charge in [0.05, 0.1) is 19.3 Å². The zero-order chi connectivity index (χ0) is 21.7. The van der Waals surface area contributed by atoms with Crippen molar-refractivity contribution >= 4 is 20.3 Å². The van der Waals surface area contributed by atoms with Crippen LogP contribution in [0.5, 0.6) is 11.5 Å². The monoisotopic (exact) mass is 408 g/mol. The zero-order valence-electron chi connectivity index (χ0n) is 18.2. The minimum Gasteiger partial charge on any atom is -0.541 e. The van der Waals surface area contributed by atoms with Gasteiger partial charge in [-0.3, -0.25) is 4.79 Å². The molecule has 156 valence electrons. The van der Waals surface area contributed by atoms with Gasteiger partial charge in [0.15, 0.2) is 11.9 Å². The van der Waals surface area contributed by atoms with Crippen molar-refractivity contribution in [3.05, 3.63) is 35.9 Å². The highest BCUT2D eigenvalue weighted by Gasteiger charge is 2.39. The van der Waals surface area contributed by atoms with Crippen molar-refractivity contribution in [2.75, 3.05) is 13.7 Å². The van der Waals surface area contributed by atoms with Gasteiger partial charge in [0, 0.05) is 12.5 Å². The minimum atomic E-state index is -2.15. The van der Waals surface area contributed by atoms with Gasteiger partial charge in [-0.1, -0.05) is 33.4 Å². The molecule has 0 aliphatic carbocycles. The SMILES string of the molecule is C=C(C(=O)OCC)C(OC(C)=O)c1ccc(OC)c(O[Si](C)(C)C(C)(C)C)c1. The Hall–Kier alpha value is -2.28. The van der Waals surface area contributed by atoms with Crippen LogP contribution in [0.3, 0.4) is 0 Å². The van der Waals surface area contributed by atoms with E-state index < -0.39 is 26.4 Å². The maximum atomic E-state index is 12.1. The molecule has 1 rings (SSSR count). The molecule has 0 spiro atoms. The summed E-state index contributed by atoms with van der Waals surface area (Å²) in [7, 11) is -0.582. The van der Waals surface area contributed by atoms with Gasteiger partial charge in [-0.2, -0.15) is 0 Å². The van der Waals surface area contributed by atoms with Gasteiger partial charge in [0.2, 0.25) is 0 Å². The lowest BCUT2D eigenvalue weighted by Crippen LogP contribution is -2.44. The maximum Gasteiger partial charge on any atom is 0.337 e. The fourth-order valence-electron chi connectivity index (χ4n) is 2.20. The van der Waals surface area contributed by atoms with Crippen LogP contribution in [-0.4, -0.2) is 34.0 Å². The highest BCUT2D eigenvalue weighted by atomic mass is 28.4. The lowest BCUT2D eigenvalue weighted by atomic mass is 10.0. The summed E-state index contributed by atoms with van der Waals surface area (Å²) in [6, 6.07) is 5.18. The Balaban J connectivity index is 3.38. The molecule has 0 N–H and O–H groups in total. The standard InChI is InChI=1S/C21H32O6Si/c1-10-25-20(23)14(2)19(26-15(3)22)16-11-12-17(24-7)18(13-16)27-28(8,9)21(4,5)6/h11-13,19H,2,10H2,1,3-9H3. The van der Waals surface area contributed by atoms with Gasteiger partial charge >= 0.3 is 11.9 Å². The molecule has 0 aliphatic heterocycles. The Bertz CT molecular complexity index is 733. The Morgan fingerprint density at radius 3 is 2.25 bits per heavy atom. The van der Waals surface area contributed by atoms with Gasteiger partial charge in [-0.05, 0) is 37.2 Å². The molecule has 0 bridgehead atoms. The number of ether oxygens (including phenoxy) is 3. The number of hydrogen-bond acceptors (Lipinski definition) is 6. The number of methoxy groups -OCH3 is 1. The topological polar surface area (TPSA) is 71.1 Å². The quantitative estimate of drug-likeness (QED) is 0.349. The van der Waals surface area contributed by atoms with E-state index in [1.54, 1.807) is 32.2 Å². The molecule has 28 heavy (non-hydrogen) atoms. The van der Waals surface area contributed by atoms with Crippen molar-refractivity contribution in [2.45, 2.75) is 58.9 Å². The molecular formula is C21H32O6Si. The zero-order valence-corrected chi connectivity index (χ0v) is 19.2. The summed E-state index contributed by atoms with van der Waals surface area (Å²) in [5.41, 5.74) is 0.600. The molecule has 0 radical (unpaired) electrons. The first kappa shape index (κ1) is 23.8. The second-order valence-corrected chi connectivity index (χ2v) is 12.7. The van der Waals surface area contributed by atoms with Crippen LogP contribution in [0.4, 0.5) is 0 Å². The van der Waals surface area contributed by atoms with Gasteiger partial charge in [0.25, 0.3) is 8.32 Å². The summed E-state index contributed by atoms with van der Waals surface area (Å²) in [5.74, 6) is -0.0353. The summed E-state index contributed by atoms with van der Waals surface area (Å²) in [5, 5.41) is -0.0160. The van der Waals surface area contributed by atoms with E-state index in [2.05, 4.69) is 40.4 Å². The molecule has 0 aliphatic rings. The molecule has 0 heterocycles. The summed E-state index contributed by atoms with van der Waals surface area (Å²) in [6.07, 6.45) is -0.968. The Labute approximate surface area is 168 Å². The molecule has 0 saturated carbocycles. The van der Waals surface area contributed by atoms with E-state index in [4.69, 9.17) is 18.6 Å². The fourth-order valence-corrected chi connectivity index (χ4v) is 3.22. The molecule has 1 aromatic rings. The second kappa shape index (κ2) is 9.27. The van der Waals surface area contributed by atoms with Crippen molar-refractivity contribution in [3.63, 3.8) is 0 Å². The third-order valence-corrected chi connectivity index (χ3v) is 9.14. The third-order valence-electron chi connectivity index (χ3n) is 4.80. The summed E-state index contributed by atoms with van der Waals surface area (Å²) in [6.45, 7) is 17.6. The number of carbonyl (C=O) groups is 2. The normalized spacial score (nSPS) is 12.7. The molecular weight excluding hydrogens is 376 g/mol. The van der Waals surface area contributed by atoms with Crippen LogP contribution >= 0.6 is 0 Å². The predicted octanol–water partition coefficient (Wildman–Crippen LogP) is 4.80. The lowest BCUT2D eigenvalue weighted by Gasteiger charge is -2.37. The van der Waals surface area contributed by atoms with E-state index in [9.17, 15) is 9.59 Å². The molecule has 7 heteroatoms. The molecule has 0 amide bonds. The fraction of sp³-hybridized carbons (Fsp3) is 0.524. The second-order valence-electron chi connectivity index (χ2n) is 8.01. The van der Waals surface area contributed by atoms with Crippen LogP contribution in [0.1, 0.15) is 46.3 Å². The van der Waals surface area contributed by atoms with Crippen LogP contribution in [0.25, 0.3) is 0 Å². The van der Waals surface area contributed by atoms with Crippen LogP contribution in [0.15, 0.2) is 30.4 Å². The third kappa shape index (κ3) is 5.86. The van der Waals surface area contributed by atoms with Crippen LogP contribution in [0, 0.1) is 0 Å². The van der Waals surface area contributed by atoms with E-state index in [-0.39, 0.29) is 17.2 Å². The summed E-state index contributed by atoms with van der Waals surface area (Å²) < 4.78 is 22.2. The summed E-state index contributed by atoms with van der Waals surface area (Å²) in [4.78, 5) is 23.8. The first-order valence-corrected chi connectivity index (χ1v) is 12.1. The highest BCUT2D eigenvalue weighted by molar-refractivity contribution is 6.74. The number of hydrogen-bond donors (Lipinski definition) is 0. The lowest BCUT2D eigenvalue weighted by molar-refractivity contribution is -0.147. The average molecular weight is 409 g/mol. The van der Waals surface area contributed by atoms with Crippen molar-refractivity contribution in [3.8, 4) is 11.5 Å². The van der Waals surface area contributed by atoms with Crippen molar-refractivity contribution in [1.29, 1.82) is 0 Å². The number of carbonyl (C=O) groups excluding carboxylic acids is 2. The predicted molar refractivity (Wildman–Crippen MR) is 111 cm³/mol. The van der Waals surface area contributed by atoms with Gasteiger partial charge in [-0.25, -0.2) is 4.79 Å². The van der Waals surface area contributed by atoms with Crippen molar-refractivity contribution < 1.29 is 28.2 Å². The average Bonchev–Trinajstić information content (AvgIpc) is 2.57. The van der Waals surface area contributed by atoms with Crippen molar-refractivity contribution in [2.24, 2.45) is 0 Å². The van der Waals surface area contributed by atoms with E-state index in [0.29, 0.717) is 17.1 Å². The smallest absolute Gasteiger partial charge is 0.337 e. The molecule has 6 nitrogen and oxygen atoms in total. The van der Waals surface area contributed by atoms with E-state index in [0.717, 1.165) is 0 Å². The molecule has 0 aromatic heterocycles. The van der Waals surface area contributed by atoms with Crippen molar-refractivity contribution in [1.82, 2.24) is 0 Å². The van der Waals surface area contributed by atoms with Gasteiger partial charge in [-0.15, -0.1) is 0 Å². The largest absolute Gasteiger partial charge is 0.541 e. The van der Waals surface area contributed by atoms with E-state index in [1.807, 2.05) is 0 Å². The van der Waals surface area contributed by atoms with Gasteiger partial charge in [0.1, 0.15) is 5.75 Å². The molecule has 1 unspecified atom stereocenters.